The summed E-state index contributed by atoms with van der Waals surface area (Å²) in [4.78, 5) is 46.5. The van der Waals surface area contributed by atoms with E-state index in [1.54, 1.807) is 0 Å². The van der Waals surface area contributed by atoms with Crippen LogP contribution in [0.2, 0.25) is 0 Å². The van der Waals surface area contributed by atoms with Gasteiger partial charge in [0.1, 0.15) is 23.7 Å². The van der Waals surface area contributed by atoms with Gasteiger partial charge in [-0.25, -0.2) is 8.78 Å². The van der Waals surface area contributed by atoms with E-state index < -0.39 is 46.4 Å². The van der Waals surface area contributed by atoms with E-state index in [1.165, 1.54) is 38.1 Å². The van der Waals surface area contributed by atoms with E-state index in [0.29, 0.717) is 11.8 Å². The van der Waals surface area contributed by atoms with Crippen LogP contribution in [0.5, 0.6) is 0 Å². The third-order valence-electron chi connectivity index (χ3n) is 4.16. The molecular weight excluding hydrogens is 414 g/mol. The van der Waals surface area contributed by atoms with Crippen LogP contribution in [0.1, 0.15) is 19.4 Å². The molecule has 2 aromatic rings. The van der Waals surface area contributed by atoms with Crippen LogP contribution in [0.3, 0.4) is 0 Å². The Hall–Kier alpha value is -3.89. The molecule has 0 aliphatic heterocycles. The highest BCUT2D eigenvalue weighted by Crippen LogP contribution is 2.15. The first-order chi connectivity index (χ1) is 14.5. The molecule has 9 nitrogen and oxygen atoms in total. The Morgan fingerprint density at radius 3 is 2.03 bits per heavy atom. The average Bonchev–Trinajstić information content (AvgIpc) is 2.67. The van der Waals surface area contributed by atoms with Gasteiger partial charge in [0.25, 0.3) is 5.69 Å². The van der Waals surface area contributed by atoms with Crippen molar-refractivity contribution in [3.8, 4) is 0 Å². The Bertz CT molecular complexity index is 977. The van der Waals surface area contributed by atoms with Gasteiger partial charge < -0.3 is 16.0 Å². The third-order valence-corrected chi connectivity index (χ3v) is 4.16. The van der Waals surface area contributed by atoms with Gasteiger partial charge in [0.15, 0.2) is 0 Å². The van der Waals surface area contributed by atoms with Gasteiger partial charge in [-0.3, -0.25) is 24.5 Å². The van der Waals surface area contributed by atoms with Gasteiger partial charge in [-0.15, -0.1) is 0 Å². The van der Waals surface area contributed by atoms with Crippen molar-refractivity contribution in [2.75, 3.05) is 5.32 Å². The van der Waals surface area contributed by atoms with E-state index in [1.807, 2.05) is 0 Å². The Morgan fingerprint density at radius 1 is 0.935 bits per heavy atom. The molecule has 2 atom stereocenters. The number of non-ortho nitro benzene ring substituents is 1. The number of halogens is 2. The van der Waals surface area contributed by atoms with Crippen LogP contribution < -0.4 is 16.0 Å². The summed E-state index contributed by atoms with van der Waals surface area (Å²) in [6, 6.07) is 5.86. The third kappa shape index (κ3) is 7.14. The first-order valence-electron chi connectivity index (χ1n) is 9.15. The Labute approximate surface area is 176 Å². The number of anilines is 1. The highest BCUT2D eigenvalue weighted by Gasteiger charge is 2.21. The number of nitro benzene ring substituents is 1. The van der Waals surface area contributed by atoms with Crippen molar-refractivity contribution in [3.05, 3.63) is 69.8 Å². The topological polar surface area (TPSA) is 130 Å². The minimum Gasteiger partial charge on any atom is -0.344 e. The van der Waals surface area contributed by atoms with Crippen molar-refractivity contribution in [1.29, 1.82) is 0 Å². The van der Waals surface area contributed by atoms with Crippen molar-refractivity contribution in [3.63, 3.8) is 0 Å². The van der Waals surface area contributed by atoms with E-state index in [4.69, 9.17) is 0 Å². The number of amides is 3. The van der Waals surface area contributed by atoms with E-state index in [-0.39, 0.29) is 17.7 Å². The summed E-state index contributed by atoms with van der Waals surface area (Å²) in [5.74, 6) is -3.49. The summed E-state index contributed by atoms with van der Waals surface area (Å²) < 4.78 is 26.4. The average molecular weight is 434 g/mol. The van der Waals surface area contributed by atoms with Crippen LogP contribution >= 0.6 is 0 Å². The molecule has 3 N–H and O–H groups in total. The molecule has 0 spiro atoms. The Balaban J connectivity index is 1.85. The maximum absolute atomic E-state index is 13.2. The summed E-state index contributed by atoms with van der Waals surface area (Å²) in [7, 11) is 0. The molecule has 0 fully saturated rings. The quantitative estimate of drug-likeness (QED) is 0.433. The second-order valence-electron chi connectivity index (χ2n) is 6.77. The minimum atomic E-state index is -1.01. The van der Waals surface area contributed by atoms with E-state index >= 15 is 0 Å². The molecule has 2 aromatic carbocycles. The molecule has 0 saturated carbocycles. The van der Waals surface area contributed by atoms with E-state index in [9.17, 15) is 33.3 Å². The number of nitro groups is 1. The Kier molecular flexibility index (Phi) is 7.72. The zero-order valence-electron chi connectivity index (χ0n) is 16.6. The molecule has 0 bridgehead atoms. The van der Waals surface area contributed by atoms with Crippen LogP contribution in [-0.2, 0) is 20.8 Å². The number of hydrogen-bond acceptors (Lipinski definition) is 5. The maximum Gasteiger partial charge on any atom is 0.269 e. The number of nitrogens with one attached hydrogen (secondary N) is 3. The molecule has 3 amide bonds. The fraction of sp³-hybridized carbons (Fsp3) is 0.250. The predicted molar refractivity (Wildman–Crippen MR) is 107 cm³/mol. The van der Waals surface area contributed by atoms with Gasteiger partial charge in [-0.1, -0.05) is 0 Å². The second kappa shape index (κ2) is 10.2. The second-order valence-corrected chi connectivity index (χ2v) is 6.77. The molecule has 11 heteroatoms. The molecule has 0 aliphatic carbocycles. The van der Waals surface area contributed by atoms with Gasteiger partial charge in [0.05, 0.1) is 11.3 Å². The molecule has 2 rings (SSSR count). The lowest BCUT2D eigenvalue weighted by molar-refractivity contribution is -0.384. The minimum absolute atomic E-state index is 0.110. The van der Waals surface area contributed by atoms with Gasteiger partial charge in [-0.05, 0) is 43.7 Å². The largest absolute Gasteiger partial charge is 0.344 e. The summed E-state index contributed by atoms with van der Waals surface area (Å²) in [6.45, 7) is 2.81. The van der Waals surface area contributed by atoms with Crippen molar-refractivity contribution in [1.82, 2.24) is 10.6 Å². The summed E-state index contributed by atoms with van der Waals surface area (Å²) >= 11 is 0. The highest BCUT2D eigenvalue weighted by atomic mass is 19.1. The number of benzene rings is 2. The SMILES string of the molecule is C[C@H](NC(=O)Cc1cc(F)cc(F)c1)C(=O)N[C@@H](C)C(=O)Nc1ccc([N+](=O)[O-])cc1. The monoisotopic (exact) mass is 434 g/mol. The van der Waals surface area contributed by atoms with E-state index in [2.05, 4.69) is 16.0 Å². The zero-order valence-corrected chi connectivity index (χ0v) is 16.6. The molecule has 0 radical (unpaired) electrons. The van der Waals surface area contributed by atoms with Crippen LogP contribution in [0.4, 0.5) is 20.2 Å². The number of rotatable bonds is 8. The van der Waals surface area contributed by atoms with Crippen molar-refractivity contribution in [2.24, 2.45) is 0 Å². The van der Waals surface area contributed by atoms with Crippen LogP contribution in [-0.4, -0.2) is 34.7 Å². The van der Waals surface area contributed by atoms with Gasteiger partial charge in [-0.2, -0.15) is 0 Å². The molecule has 164 valence electrons. The molecule has 0 heterocycles. The molecule has 0 aliphatic rings. The summed E-state index contributed by atoms with van der Waals surface area (Å²) in [5, 5.41) is 18.0. The van der Waals surface area contributed by atoms with Crippen LogP contribution in [0.25, 0.3) is 0 Å². The number of hydrogen-bond donors (Lipinski definition) is 3. The number of carbonyl (C=O) groups is 3. The molecule has 0 unspecified atom stereocenters. The molecule has 0 aromatic heterocycles. The lowest BCUT2D eigenvalue weighted by atomic mass is 10.1. The standard InChI is InChI=1S/C20H20F2N4O5/c1-11(23-18(27)9-13-7-14(21)10-15(22)8-13)19(28)24-12(2)20(29)25-16-3-5-17(6-4-16)26(30)31/h3-8,10-12H,9H2,1-2H3,(H,23,27)(H,24,28)(H,25,29)/t11-,12-/m0/s1. The first-order valence-corrected chi connectivity index (χ1v) is 9.15. The molecule has 31 heavy (non-hydrogen) atoms. The molecule has 0 saturated heterocycles. The predicted octanol–water partition coefficient (Wildman–Crippen LogP) is 2.06. The highest BCUT2D eigenvalue weighted by molar-refractivity contribution is 5.98. The van der Waals surface area contributed by atoms with Crippen LogP contribution in [0, 0.1) is 21.7 Å². The van der Waals surface area contributed by atoms with Gasteiger partial charge in [0, 0.05) is 23.9 Å². The fourth-order valence-corrected chi connectivity index (χ4v) is 2.58. The number of nitrogens with zero attached hydrogens (tertiary/aromatic N) is 1. The van der Waals surface area contributed by atoms with Crippen molar-refractivity contribution < 1.29 is 28.1 Å². The van der Waals surface area contributed by atoms with E-state index in [0.717, 1.165) is 12.1 Å². The van der Waals surface area contributed by atoms with Crippen LogP contribution in [0.15, 0.2) is 42.5 Å². The summed E-state index contributed by atoms with van der Waals surface area (Å²) in [6.07, 6.45) is -0.331. The lowest BCUT2D eigenvalue weighted by Gasteiger charge is -2.18. The fourth-order valence-electron chi connectivity index (χ4n) is 2.58. The maximum atomic E-state index is 13.2. The first kappa shape index (κ1) is 23.4. The normalized spacial score (nSPS) is 12.4. The number of carbonyl (C=O) groups excluding carboxylic acids is 3. The lowest BCUT2D eigenvalue weighted by Crippen LogP contribution is -2.50. The molecular formula is C20H20F2N4O5. The van der Waals surface area contributed by atoms with Gasteiger partial charge in [0.2, 0.25) is 17.7 Å². The summed E-state index contributed by atoms with van der Waals surface area (Å²) in [5.41, 5.74) is 0.281. The smallest absolute Gasteiger partial charge is 0.269 e. The van der Waals surface area contributed by atoms with Gasteiger partial charge >= 0.3 is 0 Å². The van der Waals surface area contributed by atoms with Crippen molar-refractivity contribution in [2.45, 2.75) is 32.4 Å². The van der Waals surface area contributed by atoms with Crippen molar-refractivity contribution >= 4 is 29.1 Å². The zero-order chi connectivity index (χ0) is 23.1. The Morgan fingerprint density at radius 2 is 1.48 bits per heavy atom.